The second kappa shape index (κ2) is 14.7. The van der Waals surface area contributed by atoms with Crippen LogP contribution in [0.15, 0.2) is 200 Å². The summed E-state index contributed by atoms with van der Waals surface area (Å²) in [6.45, 7) is 4.32. The predicted octanol–water partition coefficient (Wildman–Crippen LogP) is 14.4. The van der Waals surface area contributed by atoms with E-state index in [4.69, 9.17) is 15.0 Å². The van der Waals surface area contributed by atoms with Crippen molar-refractivity contribution in [3.05, 3.63) is 211 Å². The normalized spacial score (nSPS) is 11.9. The van der Waals surface area contributed by atoms with Crippen molar-refractivity contribution >= 4 is 60.6 Å². The van der Waals surface area contributed by atoms with Gasteiger partial charge in [0.15, 0.2) is 17.5 Å². The van der Waals surface area contributed by atoms with Gasteiger partial charge < -0.3 is 13.7 Å². The van der Waals surface area contributed by atoms with Crippen LogP contribution in [0.5, 0.6) is 0 Å². The van der Waals surface area contributed by atoms with Crippen LogP contribution in [0, 0.1) is 6.92 Å². The van der Waals surface area contributed by atoms with Crippen LogP contribution in [0.2, 0.25) is 0 Å². The Kier molecular flexibility index (Phi) is 8.50. The van der Waals surface area contributed by atoms with Crippen molar-refractivity contribution in [3.63, 3.8) is 0 Å². The molecule has 0 saturated heterocycles. The number of nitrogens with zero attached hydrogens (tertiary/aromatic N) is 6. The van der Waals surface area contributed by atoms with Gasteiger partial charge in [0.05, 0.1) is 44.6 Å². The number of hydrogen-bond acceptors (Lipinski definition) is 3. The predicted molar refractivity (Wildman–Crippen MR) is 261 cm³/mol. The summed E-state index contributed by atoms with van der Waals surface area (Å²) < 4.78 is 7.28. The maximum absolute atomic E-state index is 5.41. The zero-order valence-electron chi connectivity index (χ0n) is 34.8. The van der Waals surface area contributed by atoms with Crippen LogP contribution in [0.3, 0.4) is 0 Å². The van der Waals surface area contributed by atoms with Gasteiger partial charge in [-0.15, -0.1) is 0 Å². The van der Waals surface area contributed by atoms with Gasteiger partial charge in [-0.25, -0.2) is 15.0 Å². The highest BCUT2D eigenvalue weighted by molar-refractivity contribution is 6.11. The van der Waals surface area contributed by atoms with Gasteiger partial charge in [-0.2, -0.15) is 0 Å². The van der Waals surface area contributed by atoms with Gasteiger partial charge in [-0.1, -0.05) is 164 Å². The van der Waals surface area contributed by atoms with Crippen molar-refractivity contribution in [2.24, 2.45) is 0 Å². The number of fused-ring (bicyclic) bond motifs is 7. The molecule has 6 nitrogen and oxygen atoms in total. The van der Waals surface area contributed by atoms with Crippen molar-refractivity contribution in [1.82, 2.24) is 28.7 Å². The molecule has 0 bridgehead atoms. The van der Waals surface area contributed by atoms with E-state index < -0.39 is 0 Å². The molecular weight excluding hydrogens is 769 g/mol. The summed E-state index contributed by atoms with van der Waals surface area (Å²) in [6.07, 6.45) is 4.36. The molecule has 0 unspecified atom stereocenters. The summed E-state index contributed by atoms with van der Waals surface area (Å²) in [5, 5.41) is 5.93. The maximum Gasteiger partial charge on any atom is 0.166 e. The fourth-order valence-electron chi connectivity index (χ4n) is 9.66. The van der Waals surface area contributed by atoms with Gasteiger partial charge in [-0.3, -0.25) is 0 Å². The lowest BCUT2D eigenvalue weighted by Gasteiger charge is -2.22. The molecule has 63 heavy (non-hydrogen) atoms. The van der Waals surface area contributed by atoms with E-state index in [1.807, 2.05) is 36.4 Å². The van der Waals surface area contributed by atoms with Gasteiger partial charge in [-0.05, 0) is 56.3 Å². The molecule has 4 heterocycles. The van der Waals surface area contributed by atoms with Crippen molar-refractivity contribution in [1.29, 1.82) is 0 Å². The fourth-order valence-corrected chi connectivity index (χ4v) is 9.66. The molecule has 0 radical (unpaired) electrons. The lowest BCUT2D eigenvalue weighted by molar-refractivity contribution is 1.01. The molecule has 0 atom stereocenters. The highest BCUT2D eigenvalue weighted by Gasteiger charge is 2.26. The summed E-state index contributed by atoms with van der Waals surface area (Å²) in [7, 11) is 0. The van der Waals surface area contributed by atoms with E-state index in [1.165, 1.54) is 32.5 Å². The molecule has 4 aromatic heterocycles. The number of para-hydroxylation sites is 5. The third kappa shape index (κ3) is 5.76. The lowest BCUT2D eigenvalue weighted by Crippen LogP contribution is -2.10. The molecule has 0 aliphatic rings. The molecule has 12 rings (SSSR count). The second-order valence-corrected chi connectivity index (χ2v) is 16.0. The number of rotatable bonds is 7. The summed E-state index contributed by atoms with van der Waals surface area (Å²) in [5.41, 5.74) is 13.6. The second-order valence-electron chi connectivity index (χ2n) is 16.0. The quantitative estimate of drug-likeness (QED) is 0.161. The van der Waals surface area contributed by atoms with Crippen LogP contribution < -0.4 is 0 Å². The van der Waals surface area contributed by atoms with Gasteiger partial charge in [0.25, 0.3) is 0 Å². The molecule has 0 spiro atoms. The first kappa shape index (κ1) is 36.5. The Labute approximate surface area is 364 Å². The Morgan fingerprint density at radius 2 is 0.730 bits per heavy atom. The first-order valence-electron chi connectivity index (χ1n) is 21.4. The minimum atomic E-state index is 0.581. The molecular formula is C57H40N6. The van der Waals surface area contributed by atoms with Crippen LogP contribution in [-0.2, 0) is 0 Å². The van der Waals surface area contributed by atoms with Crippen LogP contribution in [0.1, 0.15) is 18.2 Å². The molecule has 298 valence electrons. The highest BCUT2D eigenvalue weighted by Crippen LogP contribution is 2.43. The molecule has 0 aliphatic carbocycles. The van der Waals surface area contributed by atoms with Gasteiger partial charge in [0.2, 0.25) is 0 Å². The Morgan fingerprint density at radius 3 is 1.19 bits per heavy atom. The number of aromatic nitrogens is 6. The third-order valence-corrected chi connectivity index (χ3v) is 12.4. The monoisotopic (exact) mass is 808 g/mol. The molecule has 0 amide bonds. The third-order valence-electron chi connectivity index (χ3n) is 12.4. The Morgan fingerprint density at radius 1 is 0.365 bits per heavy atom. The summed E-state index contributed by atoms with van der Waals surface area (Å²) in [6, 6.07) is 68.7. The molecule has 6 heteroatoms. The smallest absolute Gasteiger partial charge is 0.166 e. The SMILES string of the molecule is C/C=C\c1c(C)n(-c2cc(-c3nc(-c4ccccc4)nc(-c4ccccc4)n3)c(-n3c4ccccc4c4ccccc43)cc2-n2c3ccccc3c3ccccc32)c2ccccc12. The van der Waals surface area contributed by atoms with E-state index >= 15 is 0 Å². The van der Waals surface area contributed by atoms with E-state index in [0.29, 0.717) is 17.5 Å². The average molecular weight is 809 g/mol. The molecule has 8 aromatic carbocycles. The van der Waals surface area contributed by atoms with E-state index in [1.54, 1.807) is 0 Å². The largest absolute Gasteiger partial charge is 0.311 e. The fraction of sp³-hybridized carbons (Fsp3) is 0.0351. The number of benzene rings is 8. The molecule has 0 fully saturated rings. The van der Waals surface area contributed by atoms with Crippen molar-refractivity contribution in [3.8, 4) is 51.2 Å². The first-order valence-corrected chi connectivity index (χ1v) is 21.4. The lowest BCUT2D eigenvalue weighted by atomic mass is 10.1. The Hall–Kier alpha value is -8.35. The Balaban J connectivity index is 1.30. The van der Waals surface area contributed by atoms with E-state index in [2.05, 4.69) is 197 Å². The first-order chi connectivity index (χ1) is 31.2. The maximum atomic E-state index is 5.41. The summed E-state index contributed by atoms with van der Waals surface area (Å²) in [5.74, 6) is 1.80. The zero-order chi connectivity index (χ0) is 42.0. The molecule has 0 saturated carbocycles. The number of hydrogen-bond donors (Lipinski definition) is 0. The van der Waals surface area contributed by atoms with Gasteiger partial charge >= 0.3 is 0 Å². The van der Waals surface area contributed by atoms with Crippen molar-refractivity contribution < 1.29 is 0 Å². The van der Waals surface area contributed by atoms with E-state index in [9.17, 15) is 0 Å². The molecule has 12 aromatic rings. The number of allylic oxidation sites excluding steroid dienone is 1. The minimum absolute atomic E-state index is 0.581. The van der Waals surface area contributed by atoms with Crippen LogP contribution in [-0.4, -0.2) is 28.7 Å². The van der Waals surface area contributed by atoms with Crippen LogP contribution in [0.25, 0.3) is 112 Å². The van der Waals surface area contributed by atoms with Crippen molar-refractivity contribution in [2.75, 3.05) is 0 Å². The summed E-state index contributed by atoms with van der Waals surface area (Å²) >= 11 is 0. The van der Waals surface area contributed by atoms with Crippen molar-refractivity contribution in [2.45, 2.75) is 13.8 Å². The van der Waals surface area contributed by atoms with Gasteiger partial charge in [0, 0.05) is 54.9 Å². The minimum Gasteiger partial charge on any atom is -0.311 e. The Bertz CT molecular complexity index is 3590. The van der Waals surface area contributed by atoms with Crippen LogP contribution in [0.4, 0.5) is 0 Å². The molecule has 0 N–H and O–H groups in total. The van der Waals surface area contributed by atoms with E-state index in [0.717, 1.165) is 67.0 Å². The highest BCUT2D eigenvalue weighted by atomic mass is 15.1. The standard InChI is InChI=1S/C57H40N6/c1-3-20-40-37(2)61(47-30-15-10-25-41(40)47)53-35-46(57-59-55(38-21-6-4-7-22-38)58-56(60-57)39-23-8-5-9-24-39)52(62-48-31-16-11-26-42(48)43-27-12-17-32-49(43)62)36-54(53)63-50-33-18-13-28-44(50)45-29-14-19-34-51(45)63/h3-36H,1-2H3/b20-3-. The average Bonchev–Trinajstić information content (AvgIpc) is 3.96. The molecule has 0 aliphatic heterocycles. The van der Waals surface area contributed by atoms with Gasteiger partial charge in [0.1, 0.15) is 0 Å². The van der Waals surface area contributed by atoms with E-state index in [-0.39, 0.29) is 0 Å². The van der Waals surface area contributed by atoms with Crippen LogP contribution >= 0.6 is 0 Å². The topological polar surface area (TPSA) is 53.5 Å². The zero-order valence-corrected chi connectivity index (χ0v) is 34.8. The summed E-state index contributed by atoms with van der Waals surface area (Å²) in [4.78, 5) is 16.0.